The zero-order valence-electron chi connectivity index (χ0n) is 32.5. The van der Waals surface area contributed by atoms with Gasteiger partial charge in [0, 0.05) is 22.5 Å². The molecule has 0 unspecified atom stereocenters. The minimum Gasteiger partial charge on any atom is -0.254 e. The Morgan fingerprint density at radius 3 is 1.38 bits per heavy atom. The lowest BCUT2D eigenvalue weighted by molar-refractivity contribution is 1.37. The molecule has 11 aromatic rings. The molecule has 2 heteroatoms. The molecule has 0 radical (unpaired) electrons. The van der Waals surface area contributed by atoms with E-state index in [0.717, 1.165) is 33.1 Å². The van der Waals surface area contributed by atoms with E-state index in [1.165, 1.54) is 76.8 Å². The first kappa shape index (κ1) is 35.0. The van der Waals surface area contributed by atoms with Crippen molar-refractivity contribution in [2.75, 3.05) is 0 Å². The van der Waals surface area contributed by atoms with Gasteiger partial charge in [-0.25, -0.2) is 4.98 Å². The lowest BCUT2D eigenvalue weighted by Gasteiger charge is -2.20. The van der Waals surface area contributed by atoms with E-state index in [1.54, 1.807) is 0 Å². The topological polar surface area (TPSA) is 25.8 Å². The summed E-state index contributed by atoms with van der Waals surface area (Å²) in [4.78, 5) is 9.99. The summed E-state index contributed by atoms with van der Waals surface area (Å²) in [5, 5.41) is 9.47. The molecule has 0 aliphatic carbocycles. The smallest absolute Gasteiger partial charge is 0.0972 e. The highest BCUT2D eigenvalue weighted by molar-refractivity contribution is 6.24. The Balaban J connectivity index is 0.00000201. The summed E-state index contributed by atoms with van der Waals surface area (Å²) in [6.07, 6.45) is 1.85. The summed E-state index contributed by atoms with van der Waals surface area (Å²) in [6.45, 7) is 4.00. The van der Waals surface area contributed by atoms with E-state index in [2.05, 4.69) is 194 Å². The van der Waals surface area contributed by atoms with Crippen LogP contribution >= 0.6 is 0 Å². The molecule has 2 nitrogen and oxygen atoms in total. The SMILES string of the molecule is CC.c1ccc(-c2cc(-c3ccccc3)cc(-c3c4ccccc4c(-c4cccc5c(-c6ccc7ccc8cccnc8c7n6)cccc45)c4ccccc34)c2)cc1. The maximum atomic E-state index is 5.27. The highest BCUT2D eigenvalue weighted by Gasteiger charge is 2.20. The van der Waals surface area contributed by atoms with Gasteiger partial charge in [0.15, 0.2) is 0 Å². The van der Waals surface area contributed by atoms with Crippen LogP contribution in [0.4, 0.5) is 0 Å². The van der Waals surface area contributed by atoms with Crippen molar-refractivity contribution < 1.29 is 0 Å². The van der Waals surface area contributed by atoms with E-state index in [9.17, 15) is 0 Å². The van der Waals surface area contributed by atoms with Gasteiger partial charge in [0.2, 0.25) is 0 Å². The van der Waals surface area contributed by atoms with Crippen LogP contribution in [0.3, 0.4) is 0 Å². The summed E-state index contributed by atoms with van der Waals surface area (Å²) in [5.74, 6) is 0. The lowest BCUT2D eigenvalue weighted by Crippen LogP contribution is -1.93. The highest BCUT2D eigenvalue weighted by Crippen LogP contribution is 2.47. The van der Waals surface area contributed by atoms with E-state index in [1.807, 2.05) is 26.1 Å². The number of rotatable bonds is 5. The average molecular weight is 741 g/mol. The standard InChI is InChI=1S/C54H34N2.C2H6/c1-3-14-35(15-4-1)39-32-40(36-16-5-2-6-17-36)34-41(33-39)51-46-19-7-9-21-48(46)52(49-22-10-8-20-47(49)51)45-26-12-23-42-43(45)24-11-25-44(42)50-30-29-38-28-27-37-18-13-31-55-53(37)54(38)56-50;1-2/h1-34H;1-2H3. The highest BCUT2D eigenvalue weighted by atomic mass is 14.8. The van der Waals surface area contributed by atoms with Crippen LogP contribution in [0.2, 0.25) is 0 Å². The monoisotopic (exact) mass is 740 g/mol. The number of pyridine rings is 2. The van der Waals surface area contributed by atoms with Crippen LogP contribution < -0.4 is 0 Å². The first-order valence-corrected chi connectivity index (χ1v) is 20.2. The van der Waals surface area contributed by atoms with Crippen molar-refractivity contribution in [3.05, 3.63) is 206 Å². The van der Waals surface area contributed by atoms with E-state index in [4.69, 9.17) is 9.97 Å². The molecule has 11 rings (SSSR count). The largest absolute Gasteiger partial charge is 0.254 e. The van der Waals surface area contributed by atoms with E-state index >= 15 is 0 Å². The second-order valence-corrected chi connectivity index (χ2v) is 14.5. The number of benzene rings is 9. The average Bonchev–Trinajstić information content (AvgIpc) is 3.31. The van der Waals surface area contributed by atoms with Gasteiger partial charge in [-0.2, -0.15) is 0 Å². The molecule has 274 valence electrons. The van der Waals surface area contributed by atoms with Crippen molar-refractivity contribution in [2.24, 2.45) is 0 Å². The molecule has 0 amide bonds. The van der Waals surface area contributed by atoms with Gasteiger partial charge in [0.25, 0.3) is 0 Å². The predicted molar refractivity (Wildman–Crippen MR) is 248 cm³/mol. The van der Waals surface area contributed by atoms with Crippen molar-refractivity contribution in [3.63, 3.8) is 0 Å². The molecule has 0 aliphatic rings. The maximum Gasteiger partial charge on any atom is 0.0972 e. The predicted octanol–water partition coefficient (Wildman–Crippen LogP) is 15.6. The molecule has 2 heterocycles. The second kappa shape index (κ2) is 14.9. The first-order chi connectivity index (χ1) is 28.8. The number of nitrogens with zero attached hydrogens (tertiary/aromatic N) is 2. The Morgan fingerprint density at radius 2 is 0.776 bits per heavy atom. The fourth-order valence-corrected chi connectivity index (χ4v) is 8.72. The van der Waals surface area contributed by atoms with Crippen molar-refractivity contribution in [1.29, 1.82) is 0 Å². The Bertz CT molecular complexity index is 3180. The molecular weight excluding hydrogens is 701 g/mol. The summed E-state index contributed by atoms with van der Waals surface area (Å²) in [5.41, 5.74) is 13.6. The van der Waals surface area contributed by atoms with E-state index in [0.29, 0.717) is 0 Å². The minimum atomic E-state index is 0.924. The van der Waals surface area contributed by atoms with E-state index in [-0.39, 0.29) is 0 Å². The van der Waals surface area contributed by atoms with Gasteiger partial charge in [0.05, 0.1) is 16.7 Å². The number of fused-ring (bicyclic) bond motifs is 6. The molecule has 0 spiro atoms. The van der Waals surface area contributed by atoms with Gasteiger partial charge in [-0.15, -0.1) is 0 Å². The molecule has 0 saturated carbocycles. The zero-order valence-corrected chi connectivity index (χ0v) is 32.5. The molecule has 2 aromatic heterocycles. The minimum absolute atomic E-state index is 0.924. The third kappa shape index (κ3) is 5.98. The Kier molecular flexibility index (Phi) is 9.01. The third-order valence-corrected chi connectivity index (χ3v) is 11.3. The third-order valence-electron chi connectivity index (χ3n) is 11.3. The fourth-order valence-electron chi connectivity index (χ4n) is 8.72. The van der Waals surface area contributed by atoms with Gasteiger partial charge >= 0.3 is 0 Å². The van der Waals surface area contributed by atoms with Gasteiger partial charge in [-0.3, -0.25) is 4.98 Å². The van der Waals surface area contributed by atoms with Crippen molar-refractivity contribution in [3.8, 4) is 55.8 Å². The van der Waals surface area contributed by atoms with Crippen LogP contribution in [0.25, 0.3) is 110 Å². The van der Waals surface area contributed by atoms with Crippen molar-refractivity contribution in [1.82, 2.24) is 9.97 Å². The Hall–Kier alpha value is -7.42. The van der Waals surface area contributed by atoms with Crippen LogP contribution in [0.5, 0.6) is 0 Å². The summed E-state index contributed by atoms with van der Waals surface area (Å²) >= 11 is 0. The van der Waals surface area contributed by atoms with Crippen molar-refractivity contribution >= 4 is 54.1 Å². The van der Waals surface area contributed by atoms with Crippen molar-refractivity contribution in [2.45, 2.75) is 13.8 Å². The number of aromatic nitrogens is 2. The van der Waals surface area contributed by atoms with Gasteiger partial charge < -0.3 is 0 Å². The number of hydrogen-bond donors (Lipinski definition) is 0. The quantitative estimate of drug-likeness (QED) is 0.130. The first-order valence-electron chi connectivity index (χ1n) is 20.2. The molecule has 0 fully saturated rings. The maximum absolute atomic E-state index is 5.27. The Labute approximate surface area is 338 Å². The molecular formula is C56H40N2. The molecule has 0 N–H and O–H groups in total. The molecule has 0 saturated heterocycles. The zero-order chi connectivity index (χ0) is 39.0. The van der Waals surface area contributed by atoms with Crippen LogP contribution in [0.15, 0.2) is 206 Å². The summed E-state index contributed by atoms with van der Waals surface area (Å²) in [6, 6.07) is 72.4. The fraction of sp³-hybridized carbons (Fsp3) is 0.0357. The number of hydrogen-bond acceptors (Lipinski definition) is 2. The van der Waals surface area contributed by atoms with Crippen LogP contribution in [0, 0.1) is 0 Å². The Morgan fingerprint density at radius 1 is 0.310 bits per heavy atom. The molecule has 0 bridgehead atoms. The summed E-state index contributed by atoms with van der Waals surface area (Å²) < 4.78 is 0. The second-order valence-electron chi connectivity index (χ2n) is 14.5. The van der Waals surface area contributed by atoms with Crippen LogP contribution in [-0.2, 0) is 0 Å². The van der Waals surface area contributed by atoms with Gasteiger partial charge in [-0.1, -0.05) is 184 Å². The lowest BCUT2D eigenvalue weighted by atomic mass is 9.83. The molecule has 0 aliphatic heterocycles. The van der Waals surface area contributed by atoms with Gasteiger partial charge in [0.1, 0.15) is 0 Å². The van der Waals surface area contributed by atoms with Crippen LogP contribution in [0.1, 0.15) is 13.8 Å². The summed E-state index contributed by atoms with van der Waals surface area (Å²) in [7, 11) is 0. The van der Waals surface area contributed by atoms with Gasteiger partial charge in [-0.05, 0) is 107 Å². The van der Waals surface area contributed by atoms with E-state index < -0.39 is 0 Å². The molecule has 0 atom stereocenters. The van der Waals surface area contributed by atoms with Crippen LogP contribution in [-0.4, -0.2) is 9.97 Å². The normalized spacial score (nSPS) is 11.3. The molecule has 58 heavy (non-hydrogen) atoms. The molecule has 9 aromatic carbocycles.